The number of pyridine rings is 1. The van der Waals surface area contributed by atoms with Gasteiger partial charge < -0.3 is 15.2 Å². The number of anilines is 1. The lowest BCUT2D eigenvalue weighted by atomic mass is 10.1. The number of halogens is 2. The van der Waals surface area contributed by atoms with Gasteiger partial charge in [-0.3, -0.25) is 19.4 Å². The van der Waals surface area contributed by atoms with Crippen LogP contribution in [-0.4, -0.2) is 35.6 Å². The van der Waals surface area contributed by atoms with Gasteiger partial charge in [0.25, 0.3) is 11.5 Å². The number of carbonyl (C=O) groups is 1. The van der Waals surface area contributed by atoms with Crippen molar-refractivity contribution in [2.24, 2.45) is 7.05 Å². The summed E-state index contributed by atoms with van der Waals surface area (Å²) in [5.41, 5.74) is 0.971. The zero-order valence-corrected chi connectivity index (χ0v) is 21.3. The minimum Gasteiger partial charge on any atom is -0.494 e. The number of fused-ring (bicyclic) bond motifs is 1. The highest BCUT2D eigenvalue weighted by atomic mass is 19.1. The van der Waals surface area contributed by atoms with E-state index in [1.165, 1.54) is 30.3 Å². The van der Waals surface area contributed by atoms with Crippen molar-refractivity contribution in [1.82, 2.24) is 24.5 Å². The average molecular weight is 555 g/mol. The third kappa shape index (κ3) is 4.67. The van der Waals surface area contributed by atoms with Crippen LogP contribution in [0, 0.1) is 11.6 Å². The maximum Gasteiger partial charge on any atom is 0.270 e. The molecule has 0 spiro atoms. The van der Waals surface area contributed by atoms with Gasteiger partial charge in [0.2, 0.25) is 0 Å². The molecule has 3 aromatic heterocycles. The maximum atomic E-state index is 15.2. The summed E-state index contributed by atoms with van der Waals surface area (Å²) in [5.74, 6) is -2.64. The SMILES string of the molecule is Cn1ncc2cc(Oc3c(F)cccc3NC(=O)c3ccc(O)n(-c4ccc(F)cc4)c3=O)c(-c3cn[nH]c3)cc21. The number of carbonyl (C=O) groups excluding carboxylic acids is 1. The topological polar surface area (TPSA) is 127 Å². The van der Waals surface area contributed by atoms with E-state index in [0.717, 1.165) is 39.7 Å². The number of aromatic hydroxyl groups is 1. The Balaban J connectivity index is 1.38. The van der Waals surface area contributed by atoms with Crippen LogP contribution in [0.15, 0.2) is 90.1 Å². The molecule has 1 amide bonds. The van der Waals surface area contributed by atoms with Crippen molar-refractivity contribution >= 4 is 22.5 Å². The summed E-state index contributed by atoms with van der Waals surface area (Å²) in [6, 6.07) is 14.6. The Morgan fingerprint density at radius 2 is 1.85 bits per heavy atom. The molecule has 0 bridgehead atoms. The first-order valence-electron chi connectivity index (χ1n) is 12.2. The molecule has 0 saturated heterocycles. The molecule has 41 heavy (non-hydrogen) atoms. The number of para-hydroxylation sites is 1. The number of ether oxygens (including phenoxy) is 1. The highest BCUT2D eigenvalue weighted by Crippen LogP contribution is 2.40. The van der Waals surface area contributed by atoms with Crippen LogP contribution < -0.4 is 15.6 Å². The van der Waals surface area contributed by atoms with Crippen molar-refractivity contribution in [3.05, 3.63) is 113 Å². The summed E-state index contributed by atoms with van der Waals surface area (Å²) < 4.78 is 37.2. The van der Waals surface area contributed by atoms with Crippen molar-refractivity contribution in [2.45, 2.75) is 0 Å². The molecule has 0 unspecified atom stereocenters. The van der Waals surface area contributed by atoms with E-state index >= 15 is 4.39 Å². The first-order valence-corrected chi connectivity index (χ1v) is 12.2. The fourth-order valence-corrected chi connectivity index (χ4v) is 4.44. The summed E-state index contributed by atoms with van der Waals surface area (Å²) in [6.07, 6.45) is 4.89. The molecule has 0 radical (unpaired) electrons. The van der Waals surface area contributed by atoms with Crippen LogP contribution in [-0.2, 0) is 7.05 Å². The van der Waals surface area contributed by atoms with Gasteiger partial charge in [-0.2, -0.15) is 10.2 Å². The Kier molecular flexibility index (Phi) is 6.27. The Labute approximate surface area is 230 Å². The normalized spacial score (nSPS) is 11.1. The molecule has 0 fully saturated rings. The summed E-state index contributed by atoms with van der Waals surface area (Å²) >= 11 is 0. The van der Waals surface area contributed by atoms with Crippen molar-refractivity contribution in [2.75, 3.05) is 5.32 Å². The number of rotatable bonds is 6. The number of amides is 1. The molecule has 6 rings (SSSR count). The van der Waals surface area contributed by atoms with Gasteiger partial charge in [-0.15, -0.1) is 0 Å². The van der Waals surface area contributed by atoms with Crippen LogP contribution in [0.2, 0.25) is 0 Å². The van der Waals surface area contributed by atoms with Crippen molar-refractivity contribution in [1.29, 1.82) is 0 Å². The van der Waals surface area contributed by atoms with Crippen LogP contribution in [0.3, 0.4) is 0 Å². The van der Waals surface area contributed by atoms with E-state index < -0.39 is 29.0 Å². The average Bonchev–Trinajstić information content (AvgIpc) is 3.61. The smallest absolute Gasteiger partial charge is 0.270 e. The number of hydrogen-bond donors (Lipinski definition) is 3. The Morgan fingerprint density at radius 1 is 1.05 bits per heavy atom. The molecule has 0 saturated carbocycles. The van der Waals surface area contributed by atoms with Gasteiger partial charge in [0.15, 0.2) is 17.4 Å². The Bertz CT molecular complexity index is 1980. The number of H-pyrrole nitrogens is 1. The van der Waals surface area contributed by atoms with Crippen LogP contribution in [0.5, 0.6) is 17.4 Å². The number of aryl methyl sites for hydroxylation is 1. The largest absolute Gasteiger partial charge is 0.494 e. The molecule has 0 aliphatic carbocycles. The summed E-state index contributed by atoms with van der Waals surface area (Å²) in [6.45, 7) is 0. The number of nitrogens with zero attached hydrogens (tertiary/aromatic N) is 4. The predicted octanol–water partition coefficient (Wildman–Crippen LogP) is 5.14. The Morgan fingerprint density at radius 3 is 2.61 bits per heavy atom. The number of benzene rings is 3. The molecule has 6 aromatic rings. The zero-order valence-electron chi connectivity index (χ0n) is 21.3. The van der Waals surface area contributed by atoms with Gasteiger partial charge >= 0.3 is 0 Å². The van der Waals surface area contributed by atoms with E-state index in [9.17, 15) is 19.1 Å². The van der Waals surface area contributed by atoms with Crippen LogP contribution in [0.25, 0.3) is 27.7 Å². The van der Waals surface area contributed by atoms with E-state index in [1.54, 1.807) is 36.4 Å². The first-order chi connectivity index (χ1) is 19.8. The van der Waals surface area contributed by atoms with E-state index in [-0.39, 0.29) is 28.4 Å². The monoisotopic (exact) mass is 554 g/mol. The molecular formula is C29H20F2N6O4. The molecule has 0 atom stereocenters. The Hall–Kier alpha value is -5.78. The third-order valence-electron chi connectivity index (χ3n) is 6.48. The molecule has 3 aromatic carbocycles. The molecule has 3 N–H and O–H groups in total. The van der Waals surface area contributed by atoms with Gasteiger partial charge in [-0.25, -0.2) is 13.3 Å². The molecule has 3 heterocycles. The minimum atomic E-state index is -0.876. The van der Waals surface area contributed by atoms with Gasteiger partial charge in [0, 0.05) is 29.8 Å². The highest BCUT2D eigenvalue weighted by Gasteiger charge is 2.21. The molecule has 10 nitrogen and oxygen atoms in total. The van der Waals surface area contributed by atoms with Crippen LogP contribution >= 0.6 is 0 Å². The van der Waals surface area contributed by atoms with Gasteiger partial charge in [-0.1, -0.05) is 6.07 Å². The predicted molar refractivity (Wildman–Crippen MR) is 146 cm³/mol. The first kappa shape index (κ1) is 25.5. The van der Waals surface area contributed by atoms with Gasteiger partial charge in [0.05, 0.1) is 29.3 Å². The summed E-state index contributed by atoms with van der Waals surface area (Å²) in [5, 5.41) is 24.6. The summed E-state index contributed by atoms with van der Waals surface area (Å²) in [7, 11) is 1.79. The number of hydrogen-bond acceptors (Lipinski definition) is 6. The second kappa shape index (κ2) is 10.1. The van der Waals surface area contributed by atoms with Crippen molar-refractivity contribution in [3.8, 4) is 34.2 Å². The molecule has 0 aliphatic rings. The molecular weight excluding hydrogens is 534 g/mol. The number of aromatic amines is 1. The van der Waals surface area contributed by atoms with E-state index in [1.807, 2.05) is 6.07 Å². The van der Waals surface area contributed by atoms with Crippen molar-refractivity contribution in [3.63, 3.8) is 0 Å². The molecule has 204 valence electrons. The standard InChI is InChI=1S/C29H20F2N6O4/c1-36-24-12-21(17-13-32-33-14-17)25(11-16(24)15-34-36)41-27-22(31)3-2-4-23(27)35-28(39)20-9-10-26(38)37(29(20)40)19-7-5-18(30)6-8-19/h2-15,38H,1H3,(H,32,33)(H,35,39). The lowest BCUT2D eigenvalue weighted by Crippen LogP contribution is -2.28. The summed E-state index contributed by atoms with van der Waals surface area (Å²) in [4.78, 5) is 26.4. The minimum absolute atomic E-state index is 0.0414. The van der Waals surface area contributed by atoms with E-state index in [0.29, 0.717) is 11.1 Å². The fourth-order valence-electron chi connectivity index (χ4n) is 4.44. The second-order valence-electron chi connectivity index (χ2n) is 9.06. The molecule has 12 heteroatoms. The lowest BCUT2D eigenvalue weighted by molar-refractivity contribution is 0.102. The number of nitrogens with one attached hydrogen (secondary N) is 2. The van der Waals surface area contributed by atoms with Crippen molar-refractivity contribution < 1.29 is 23.4 Å². The molecule has 0 aliphatic heterocycles. The third-order valence-corrected chi connectivity index (χ3v) is 6.48. The highest BCUT2D eigenvalue weighted by molar-refractivity contribution is 6.05. The van der Waals surface area contributed by atoms with E-state index in [4.69, 9.17) is 4.74 Å². The lowest BCUT2D eigenvalue weighted by Gasteiger charge is -2.16. The fraction of sp³-hybridized carbons (Fsp3) is 0.0345. The van der Waals surface area contributed by atoms with E-state index in [2.05, 4.69) is 20.6 Å². The number of aromatic nitrogens is 5. The maximum absolute atomic E-state index is 15.2. The van der Waals surface area contributed by atoms with Crippen LogP contribution in [0.1, 0.15) is 10.4 Å². The quantitative estimate of drug-likeness (QED) is 0.262. The van der Waals surface area contributed by atoms with Crippen LogP contribution in [0.4, 0.5) is 14.5 Å². The van der Waals surface area contributed by atoms with Gasteiger partial charge in [-0.05, 0) is 60.7 Å². The van der Waals surface area contributed by atoms with Gasteiger partial charge in [0.1, 0.15) is 17.1 Å². The zero-order chi connectivity index (χ0) is 28.7. The second-order valence-corrected chi connectivity index (χ2v) is 9.06.